The van der Waals surface area contributed by atoms with Crippen LogP contribution in [-0.2, 0) is 4.74 Å². The van der Waals surface area contributed by atoms with Crippen LogP contribution >= 0.6 is 11.6 Å². The van der Waals surface area contributed by atoms with Gasteiger partial charge in [-0.05, 0) is 43.2 Å². The molecule has 0 bridgehead atoms. The van der Waals surface area contributed by atoms with Gasteiger partial charge in [-0.1, -0.05) is 23.7 Å². The number of nitrogens with zero attached hydrogens (tertiary/aromatic N) is 3. The van der Waals surface area contributed by atoms with Crippen molar-refractivity contribution < 1.29 is 9.53 Å². The second kappa shape index (κ2) is 7.40. The van der Waals surface area contributed by atoms with Gasteiger partial charge in [0.15, 0.2) is 0 Å². The summed E-state index contributed by atoms with van der Waals surface area (Å²) in [6.07, 6.45) is 5.38. The SMILES string of the molecule is O=C(c1ccc2ccc(Cl)cc2n1)N(CC1CCCO1)c1ccncc1. The standard InChI is InChI=1S/C20H18ClN3O2/c21-15-5-3-14-4-6-18(23-19(14)12-15)20(25)24(13-17-2-1-11-26-17)16-7-9-22-10-8-16/h3-10,12,17H,1-2,11,13H2. The third-order valence-corrected chi connectivity index (χ3v) is 4.74. The van der Waals surface area contributed by atoms with E-state index in [0.29, 0.717) is 22.8 Å². The van der Waals surface area contributed by atoms with Gasteiger partial charge in [-0.15, -0.1) is 0 Å². The number of halogens is 1. The van der Waals surface area contributed by atoms with Crippen molar-refractivity contribution in [2.45, 2.75) is 18.9 Å². The maximum absolute atomic E-state index is 13.2. The Bertz CT molecular complexity index is 927. The molecule has 2 aromatic heterocycles. The van der Waals surface area contributed by atoms with Crippen molar-refractivity contribution in [2.75, 3.05) is 18.1 Å². The number of carbonyl (C=O) groups is 1. The normalized spacial score (nSPS) is 16.7. The van der Waals surface area contributed by atoms with Crippen LogP contribution in [0.3, 0.4) is 0 Å². The van der Waals surface area contributed by atoms with E-state index in [-0.39, 0.29) is 12.0 Å². The number of carbonyl (C=O) groups excluding carboxylic acids is 1. The van der Waals surface area contributed by atoms with E-state index < -0.39 is 0 Å². The van der Waals surface area contributed by atoms with Gasteiger partial charge >= 0.3 is 0 Å². The lowest BCUT2D eigenvalue weighted by atomic mass is 10.1. The first-order valence-corrected chi connectivity index (χ1v) is 8.98. The molecule has 26 heavy (non-hydrogen) atoms. The van der Waals surface area contributed by atoms with E-state index in [1.54, 1.807) is 29.4 Å². The van der Waals surface area contributed by atoms with Crippen LogP contribution in [0.4, 0.5) is 5.69 Å². The van der Waals surface area contributed by atoms with E-state index in [4.69, 9.17) is 16.3 Å². The summed E-state index contributed by atoms with van der Waals surface area (Å²) in [5, 5.41) is 1.54. The molecule has 0 saturated carbocycles. The van der Waals surface area contributed by atoms with Gasteiger partial charge < -0.3 is 9.64 Å². The predicted molar refractivity (Wildman–Crippen MR) is 102 cm³/mol. The van der Waals surface area contributed by atoms with Crippen LogP contribution in [0.5, 0.6) is 0 Å². The zero-order valence-corrected chi connectivity index (χ0v) is 14.9. The van der Waals surface area contributed by atoms with Gasteiger partial charge in [-0.2, -0.15) is 0 Å². The molecule has 1 aromatic carbocycles. The second-order valence-corrected chi connectivity index (χ2v) is 6.73. The van der Waals surface area contributed by atoms with E-state index >= 15 is 0 Å². The van der Waals surface area contributed by atoms with Gasteiger partial charge in [0.25, 0.3) is 5.91 Å². The molecule has 5 nitrogen and oxygen atoms in total. The molecule has 1 aliphatic heterocycles. The number of hydrogen-bond donors (Lipinski definition) is 0. The van der Waals surface area contributed by atoms with Gasteiger partial charge in [0, 0.05) is 35.1 Å². The average Bonchev–Trinajstić information content (AvgIpc) is 3.19. The monoisotopic (exact) mass is 367 g/mol. The summed E-state index contributed by atoms with van der Waals surface area (Å²) in [4.78, 5) is 23.5. The lowest BCUT2D eigenvalue weighted by molar-refractivity contribution is 0.0913. The zero-order valence-electron chi connectivity index (χ0n) is 14.1. The minimum Gasteiger partial charge on any atom is -0.376 e. The summed E-state index contributed by atoms with van der Waals surface area (Å²) in [6, 6.07) is 12.8. The Morgan fingerprint density at radius 3 is 2.77 bits per heavy atom. The molecular weight excluding hydrogens is 350 g/mol. The topological polar surface area (TPSA) is 55.3 Å². The Balaban J connectivity index is 1.69. The number of aromatic nitrogens is 2. The summed E-state index contributed by atoms with van der Waals surface area (Å²) in [5.74, 6) is -0.159. The minimum atomic E-state index is -0.159. The molecule has 1 aliphatic rings. The number of rotatable bonds is 4. The highest BCUT2D eigenvalue weighted by molar-refractivity contribution is 6.31. The highest BCUT2D eigenvalue weighted by atomic mass is 35.5. The van der Waals surface area contributed by atoms with Crippen LogP contribution < -0.4 is 4.90 Å². The summed E-state index contributed by atoms with van der Waals surface area (Å²) in [6.45, 7) is 1.24. The molecule has 0 N–H and O–H groups in total. The molecule has 6 heteroatoms. The minimum absolute atomic E-state index is 0.0435. The first-order chi connectivity index (χ1) is 12.7. The summed E-state index contributed by atoms with van der Waals surface area (Å²) in [7, 11) is 0. The van der Waals surface area contributed by atoms with Crippen molar-refractivity contribution >= 4 is 34.1 Å². The molecule has 4 rings (SSSR count). The molecule has 3 heterocycles. The van der Waals surface area contributed by atoms with E-state index in [0.717, 1.165) is 30.5 Å². The molecule has 1 atom stereocenters. The Morgan fingerprint density at radius 2 is 2.00 bits per heavy atom. The molecule has 1 fully saturated rings. The third kappa shape index (κ3) is 3.54. The molecule has 0 aliphatic carbocycles. The van der Waals surface area contributed by atoms with E-state index in [9.17, 15) is 4.79 Å². The quantitative estimate of drug-likeness (QED) is 0.696. The lowest BCUT2D eigenvalue weighted by Gasteiger charge is -2.25. The second-order valence-electron chi connectivity index (χ2n) is 6.29. The smallest absolute Gasteiger partial charge is 0.276 e. The summed E-state index contributed by atoms with van der Waals surface area (Å²) >= 11 is 6.06. The Labute approximate surface area is 156 Å². The van der Waals surface area contributed by atoms with Crippen molar-refractivity contribution in [2.24, 2.45) is 0 Å². The molecule has 0 spiro atoms. The molecule has 1 saturated heterocycles. The Morgan fingerprint density at radius 1 is 1.19 bits per heavy atom. The number of fused-ring (bicyclic) bond motifs is 1. The van der Waals surface area contributed by atoms with Crippen molar-refractivity contribution in [1.82, 2.24) is 9.97 Å². The molecule has 0 radical (unpaired) electrons. The van der Waals surface area contributed by atoms with Crippen LogP contribution in [0.2, 0.25) is 5.02 Å². The fraction of sp³-hybridized carbons (Fsp3) is 0.250. The van der Waals surface area contributed by atoms with Gasteiger partial charge in [-0.3, -0.25) is 9.78 Å². The van der Waals surface area contributed by atoms with Crippen LogP contribution in [0.1, 0.15) is 23.3 Å². The lowest BCUT2D eigenvalue weighted by Crippen LogP contribution is -2.38. The number of anilines is 1. The van der Waals surface area contributed by atoms with E-state index in [1.165, 1.54) is 0 Å². The number of amides is 1. The molecule has 3 aromatic rings. The fourth-order valence-corrected chi connectivity index (χ4v) is 3.34. The van der Waals surface area contributed by atoms with Crippen molar-refractivity contribution in [3.63, 3.8) is 0 Å². The largest absolute Gasteiger partial charge is 0.376 e. The molecule has 132 valence electrons. The molecule has 1 unspecified atom stereocenters. The first-order valence-electron chi connectivity index (χ1n) is 8.60. The third-order valence-electron chi connectivity index (χ3n) is 4.50. The highest BCUT2D eigenvalue weighted by Crippen LogP contribution is 2.22. The van der Waals surface area contributed by atoms with Crippen LogP contribution in [0.15, 0.2) is 54.9 Å². The molecular formula is C20H18ClN3O2. The summed E-state index contributed by atoms with van der Waals surface area (Å²) in [5.41, 5.74) is 1.87. The maximum Gasteiger partial charge on any atom is 0.276 e. The average molecular weight is 368 g/mol. The number of pyridine rings is 2. The molecule has 1 amide bonds. The maximum atomic E-state index is 13.2. The first kappa shape index (κ1) is 16.9. The zero-order chi connectivity index (χ0) is 17.9. The van der Waals surface area contributed by atoms with Crippen molar-refractivity contribution in [1.29, 1.82) is 0 Å². The van der Waals surface area contributed by atoms with Crippen molar-refractivity contribution in [3.05, 3.63) is 65.6 Å². The van der Waals surface area contributed by atoms with Crippen LogP contribution in [-0.4, -0.2) is 35.1 Å². The summed E-state index contributed by atoms with van der Waals surface area (Å²) < 4.78 is 5.73. The Kier molecular flexibility index (Phi) is 4.82. The van der Waals surface area contributed by atoms with E-state index in [2.05, 4.69) is 9.97 Å². The fourth-order valence-electron chi connectivity index (χ4n) is 3.17. The van der Waals surface area contributed by atoms with Gasteiger partial charge in [0.05, 0.1) is 18.2 Å². The van der Waals surface area contributed by atoms with Gasteiger partial charge in [-0.25, -0.2) is 4.98 Å². The number of ether oxygens (including phenoxy) is 1. The number of hydrogen-bond acceptors (Lipinski definition) is 4. The van der Waals surface area contributed by atoms with Crippen LogP contribution in [0, 0.1) is 0 Å². The Hall–Kier alpha value is -2.50. The van der Waals surface area contributed by atoms with Gasteiger partial charge in [0.1, 0.15) is 5.69 Å². The van der Waals surface area contributed by atoms with Gasteiger partial charge in [0.2, 0.25) is 0 Å². The number of benzene rings is 1. The highest BCUT2D eigenvalue weighted by Gasteiger charge is 2.25. The van der Waals surface area contributed by atoms with Crippen LogP contribution in [0.25, 0.3) is 10.9 Å². The van der Waals surface area contributed by atoms with Crippen molar-refractivity contribution in [3.8, 4) is 0 Å². The predicted octanol–water partition coefficient (Wildman–Crippen LogP) is 4.11. The van der Waals surface area contributed by atoms with E-state index in [1.807, 2.05) is 30.3 Å².